The van der Waals surface area contributed by atoms with Crippen LogP contribution in [0.2, 0.25) is 0 Å². The average Bonchev–Trinajstić information content (AvgIpc) is 2.96. The van der Waals surface area contributed by atoms with Crippen molar-refractivity contribution < 1.29 is 9.47 Å². The van der Waals surface area contributed by atoms with Crippen LogP contribution in [0.1, 0.15) is 18.4 Å². The van der Waals surface area contributed by atoms with Crippen LogP contribution in [-0.4, -0.2) is 21.2 Å². The van der Waals surface area contributed by atoms with Gasteiger partial charge in [0.1, 0.15) is 18.1 Å². The Labute approximate surface area is 128 Å². The molecule has 0 unspecified atom stereocenters. The van der Waals surface area contributed by atoms with Gasteiger partial charge in [0, 0.05) is 5.69 Å². The van der Waals surface area contributed by atoms with Gasteiger partial charge in [-0.2, -0.15) is 0 Å². The fourth-order valence-corrected chi connectivity index (χ4v) is 2.27. The fraction of sp³-hybridized carbons (Fsp3) is 0.250. The highest BCUT2D eigenvalue weighted by Gasteiger charge is 2.10. The van der Waals surface area contributed by atoms with Crippen molar-refractivity contribution in [1.29, 1.82) is 0 Å². The van der Waals surface area contributed by atoms with E-state index in [0.717, 1.165) is 17.2 Å². The van der Waals surface area contributed by atoms with Gasteiger partial charge in [-0.05, 0) is 50.2 Å². The van der Waals surface area contributed by atoms with Gasteiger partial charge in [0.15, 0.2) is 11.5 Å². The summed E-state index contributed by atoms with van der Waals surface area (Å²) in [5, 5.41) is 8.28. The predicted molar refractivity (Wildman–Crippen MR) is 84.1 cm³/mol. The molecule has 6 nitrogen and oxygen atoms in total. The third-order valence-electron chi connectivity index (χ3n) is 3.35. The molecule has 0 saturated heterocycles. The molecule has 0 aliphatic carbocycles. The lowest BCUT2D eigenvalue weighted by atomic mass is 10.3. The number of pyridine rings is 1. The summed E-state index contributed by atoms with van der Waals surface area (Å²) in [5.41, 5.74) is 8.19. The SMILES string of the molecule is CCOc1ccc(OCc2nnc3c(N)ccc(C)n23)cc1. The first-order valence-corrected chi connectivity index (χ1v) is 7.14. The Hall–Kier alpha value is -2.76. The number of nitrogen functional groups attached to an aromatic ring is 1. The highest BCUT2D eigenvalue weighted by Crippen LogP contribution is 2.20. The number of fused-ring (bicyclic) bond motifs is 1. The number of rotatable bonds is 5. The molecule has 0 fully saturated rings. The molecule has 3 rings (SSSR count). The van der Waals surface area contributed by atoms with Crippen LogP contribution in [0.25, 0.3) is 5.65 Å². The monoisotopic (exact) mass is 298 g/mol. The Morgan fingerprint density at radius 2 is 1.68 bits per heavy atom. The van der Waals surface area contributed by atoms with Crippen LogP contribution in [0.5, 0.6) is 11.5 Å². The van der Waals surface area contributed by atoms with Crippen LogP contribution in [-0.2, 0) is 6.61 Å². The molecule has 1 aromatic carbocycles. The first kappa shape index (κ1) is 14.2. The van der Waals surface area contributed by atoms with E-state index in [9.17, 15) is 0 Å². The van der Waals surface area contributed by atoms with Gasteiger partial charge in [0.05, 0.1) is 12.3 Å². The second kappa shape index (κ2) is 5.93. The van der Waals surface area contributed by atoms with Crippen LogP contribution in [0.15, 0.2) is 36.4 Å². The second-order valence-corrected chi connectivity index (χ2v) is 4.90. The van der Waals surface area contributed by atoms with E-state index in [2.05, 4.69) is 10.2 Å². The predicted octanol–water partition coefficient (Wildman–Crippen LogP) is 2.60. The smallest absolute Gasteiger partial charge is 0.184 e. The molecule has 22 heavy (non-hydrogen) atoms. The van der Waals surface area contributed by atoms with Crippen LogP contribution in [0.3, 0.4) is 0 Å². The summed E-state index contributed by atoms with van der Waals surface area (Å²) in [5.74, 6) is 2.29. The Balaban J connectivity index is 1.78. The topological polar surface area (TPSA) is 74.7 Å². The second-order valence-electron chi connectivity index (χ2n) is 4.90. The molecular formula is C16H18N4O2. The number of nitrogens with zero attached hydrogens (tertiary/aromatic N) is 3. The lowest BCUT2D eigenvalue weighted by Gasteiger charge is -2.08. The summed E-state index contributed by atoms with van der Waals surface area (Å²) in [4.78, 5) is 0. The minimum absolute atomic E-state index is 0.319. The quantitative estimate of drug-likeness (QED) is 0.783. The molecule has 0 bridgehead atoms. The number of anilines is 1. The zero-order chi connectivity index (χ0) is 15.5. The summed E-state index contributed by atoms with van der Waals surface area (Å²) in [6, 6.07) is 11.3. The molecule has 2 heterocycles. The Kier molecular flexibility index (Phi) is 3.82. The molecular weight excluding hydrogens is 280 g/mol. The van der Waals surface area contributed by atoms with Gasteiger partial charge in [-0.15, -0.1) is 10.2 Å². The van der Waals surface area contributed by atoms with Gasteiger partial charge in [0.25, 0.3) is 0 Å². The van der Waals surface area contributed by atoms with Crippen LogP contribution in [0, 0.1) is 6.92 Å². The lowest BCUT2D eigenvalue weighted by molar-refractivity contribution is 0.292. The van der Waals surface area contributed by atoms with Gasteiger partial charge in [-0.25, -0.2) is 0 Å². The van der Waals surface area contributed by atoms with Crippen molar-refractivity contribution in [3.8, 4) is 11.5 Å². The van der Waals surface area contributed by atoms with Crippen molar-refractivity contribution in [3.05, 3.63) is 47.9 Å². The molecule has 0 amide bonds. The van der Waals surface area contributed by atoms with E-state index in [1.165, 1.54) is 0 Å². The number of aryl methyl sites for hydroxylation is 1. The molecule has 6 heteroatoms. The van der Waals surface area contributed by atoms with E-state index in [1.807, 2.05) is 54.6 Å². The van der Waals surface area contributed by atoms with Crippen LogP contribution in [0.4, 0.5) is 5.69 Å². The molecule has 114 valence electrons. The first-order valence-electron chi connectivity index (χ1n) is 7.14. The number of hydrogen-bond acceptors (Lipinski definition) is 5. The van der Waals surface area contributed by atoms with Gasteiger partial charge < -0.3 is 15.2 Å². The Bertz CT molecular complexity index is 781. The largest absolute Gasteiger partial charge is 0.494 e. The Morgan fingerprint density at radius 3 is 2.36 bits per heavy atom. The maximum atomic E-state index is 5.91. The number of benzene rings is 1. The zero-order valence-corrected chi connectivity index (χ0v) is 12.6. The highest BCUT2D eigenvalue weighted by molar-refractivity contribution is 5.64. The van der Waals surface area contributed by atoms with Crippen molar-refractivity contribution in [2.75, 3.05) is 12.3 Å². The number of nitrogens with two attached hydrogens (primary N) is 1. The fourth-order valence-electron chi connectivity index (χ4n) is 2.27. The van der Waals surface area contributed by atoms with E-state index in [1.54, 1.807) is 0 Å². The summed E-state index contributed by atoms with van der Waals surface area (Å²) in [6.45, 7) is 4.90. The number of hydrogen-bond donors (Lipinski definition) is 1. The standard InChI is InChI=1S/C16H18N4O2/c1-3-21-12-5-7-13(8-6-12)22-10-15-18-19-16-14(17)9-4-11(2)20(15)16/h4-9H,3,10,17H2,1-2H3. The van der Waals surface area contributed by atoms with Crippen molar-refractivity contribution in [2.24, 2.45) is 0 Å². The zero-order valence-electron chi connectivity index (χ0n) is 12.6. The van der Waals surface area contributed by atoms with E-state index < -0.39 is 0 Å². The highest BCUT2D eigenvalue weighted by atomic mass is 16.5. The molecule has 0 radical (unpaired) electrons. The third-order valence-corrected chi connectivity index (χ3v) is 3.35. The van der Waals surface area contributed by atoms with Gasteiger partial charge >= 0.3 is 0 Å². The van der Waals surface area contributed by atoms with Crippen molar-refractivity contribution >= 4 is 11.3 Å². The van der Waals surface area contributed by atoms with Crippen molar-refractivity contribution in [2.45, 2.75) is 20.5 Å². The molecule has 3 aromatic rings. The Morgan fingerprint density at radius 1 is 1.00 bits per heavy atom. The van der Waals surface area contributed by atoms with E-state index >= 15 is 0 Å². The third kappa shape index (κ3) is 2.67. The summed E-state index contributed by atoms with van der Waals surface area (Å²) >= 11 is 0. The maximum Gasteiger partial charge on any atom is 0.184 e. The molecule has 0 saturated carbocycles. The van der Waals surface area contributed by atoms with Crippen molar-refractivity contribution in [3.63, 3.8) is 0 Å². The number of ether oxygens (including phenoxy) is 2. The lowest BCUT2D eigenvalue weighted by Crippen LogP contribution is -2.04. The molecule has 2 aromatic heterocycles. The van der Waals surface area contributed by atoms with Gasteiger partial charge in [0.2, 0.25) is 0 Å². The molecule has 0 aliphatic heterocycles. The van der Waals surface area contributed by atoms with Gasteiger partial charge in [-0.3, -0.25) is 4.40 Å². The molecule has 0 spiro atoms. The van der Waals surface area contributed by atoms with E-state index in [-0.39, 0.29) is 0 Å². The molecule has 0 atom stereocenters. The normalized spacial score (nSPS) is 10.8. The van der Waals surface area contributed by atoms with Crippen LogP contribution >= 0.6 is 0 Å². The van der Waals surface area contributed by atoms with Crippen molar-refractivity contribution in [1.82, 2.24) is 14.6 Å². The van der Waals surface area contributed by atoms with E-state index in [4.69, 9.17) is 15.2 Å². The summed E-state index contributed by atoms with van der Waals surface area (Å²) in [7, 11) is 0. The van der Waals surface area contributed by atoms with Gasteiger partial charge in [-0.1, -0.05) is 0 Å². The summed E-state index contributed by atoms with van der Waals surface area (Å²) < 4.78 is 13.1. The minimum atomic E-state index is 0.319. The molecule has 0 aliphatic rings. The maximum absolute atomic E-state index is 5.91. The minimum Gasteiger partial charge on any atom is -0.494 e. The molecule has 2 N–H and O–H groups in total. The summed E-state index contributed by atoms with van der Waals surface area (Å²) in [6.07, 6.45) is 0. The van der Waals surface area contributed by atoms with Crippen LogP contribution < -0.4 is 15.2 Å². The number of aromatic nitrogens is 3. The van der Waals surface area contributed by atoms with E-state index in [0.29, 0.717) is 30.4 Å². The first-order chi connectivity index (χ1) is 10.7. The average molecular weight is 298 g/mol.